The Labute approximate surface area is 116 Å². The molecule has 8 heteroatoms. The lowest BCUT2D eigenvalue weighted by molar-refractivity contribution is -0.0123. The van der Waals surface area contributed by atoms with Crippen LogP contribution < -0.4 is 5.32 Å². The predicted octanol–water partition coefficient (Wildman–Crippen LogP) is 1.12. The second-order valence-electron chi connectivity index (χ2n) is 4.34. The number of hydrogen-bond donors (Lipinski definition) is 4. The summed E-state index contributed by atoms with van der Waals surface area (Å²) in [6.07, 6.45) is 4.45. The van der Waals surface area contributed by atoms with Gasteiger partial charge in [-0.05, 0) is 33.4 Å². The van der Waals surface area contributed by atoms with Gasteiger partial charge >= 0.3 is 10.4 Å². The van der Waals surface area contributed by atoms with Crippen LogP contribution >= 0.6 is 0 Å². The molecule has 0 saturated heterocycles. The number of rotatable bonds is 8. The summed E-state index contributed by atoms with van der Waals surface area (Å²) in [6.45, 7) is 7.32. The fourth-order valence-electron chi connectivity index (χ4n) is 1.38. The largest absolute Gasteiger partial charge is 0.394 e. The third-order valence-corrected chi connectivity index (χ3v) is 2.67. The first-order chi connectivity index (χ1) is 8.63. The molecule has 7 nitrogen and oxygen atoms in total. The molecule has 0 radical (unpaired) electrons. The molecule has 0 spiro atoms. The highest BCUT2D eigenvalue weighted by molar-refractivity contribution is 7.79. The lowest BCUT2D eigenvalue weighted by Crippen LogP contribution is -2.46. The Hall–Kier alpha value is -0.250. The zero-order valence-corrected chi connectivity index (χ0v) is 13.0. The van der Waals surface area contributed by atoms with Crippen LogP contribution in [0.5, 0.6) is 0 Å². The Morgan fingerprint density at radius 3 is 2.05 bits per heavy atom. The first-order valence-electron chi connectivity index (χ1n) is 6.46. The Bertz CT molecular complexity index is 289. The zero-order valence-electron chi connectivity index (χ0n) is 12.2. The molecular weight excluding hydrogens is 272 g/mol. The zero-order chi connectivity index (χ0) is 15.5. The minimum absolute atomic E-state index is 0.252. The fourth-order valence-corrected chi connectivity index (χ4v) is 1.38. The molecule has 0 aromatic heterocycles. The molecular formula is C11H28N2O5S. The third-order valence-electron chi connectivity index (χ3n) is 2.67. The van der Waals surface area contributed by atoms with E-state index < -0.39 is 10.4 Å². The average molecular weight is 300 g/mol. The van der Waals surface area contributed by atoms with Gasteiger partial charge in [0.25, 0.3) is 0 Å². The molecule has 0 bridgehead atoms. The van der Waals surface area contributed by atoms with Crippen molar-refractivity contribution in [3.05, 3.63) is 0 Å². The molecule has 2 unspecified atom stereocenters. The number of nitrogens with one attached hydrogen (secondary N) is 1. The second-order valence-corrected chi connectivity index (χ2v) is 5.24. The van der Waals surface area contributed by atoms with Crippen molar-refractivity contribution in [2.45, 2.75) is 58.8 Å². The standard InChI is InChI=1S/C11H26N2O.H2O4S/c1-5-7-8-9-12-10(3)13(4)11(14)6-2;1-5(2,3)4/h10-12,14H,5-9H2,1-4H3;(H2,1,2,3,4). The third kappa shape index (κ3) is 17.8. The van der Waals surface area contributed by atoms with E-state index in [2.05, 4.69) is 19.2 Å². The van der Waals surface area contributed by atoms with Crippen molar-refractivity contribution < 1.29 is 22.6 Å². The van der Waals surface area contributed by atoms with E-state index in [0.717, 1.165) is 13.0 Å². The maximum absolute atomic E-state index is 9.59. The van der Waals surface area contributed by atoms with Gasteiger partial charge in [-0.2, -0.15) is 8.42 Å². The van der Waals surface area contributed by atoms with Gasteiger partial charge < -0.3 is 10.4 Å². The summed E-state index contributed by atoms with van der Waals surface area (Å²) in [5, 5.41) is 13.0. The second kappa shape index (κ2) is 11.6. The van der Waals surface area contributed by atoms with Gasteiger partial charge in [-0.15, -0.1) is 0 Å². The van der Waals surface area contributed by atoms with Crippen LogP contribution in [0, 0.1) is 0 Å². The highest BCUT2D eigenvalue weighted by atomic mass is 32.3. The van der Waals surface area contributed by atoms with Crippen molar-refractivity contribution in [2.24, 2.45) is 0 Å². The number of nitrogens with zero attached hydrogens (tertiary/aromatic N) is 1. The van der Waals surface area contributed by atoms with Gasteiger partial charge in [0.2, 0.25) is 0 Å². The van der Waals surface area contributed by atoms with Crippen LogP contribution in [0.15, 0.2) is 0 Å². The molecule has 2 atom stereocenters. The van der Waals surface area contributed by atoms with E-state index in [1.165, 1.54) is 19.3 Å². The molecule has 19 heavy (non-hydrogen) atoms. The van der Waals surface area contributed by atoms with Crippen LogP contribution in [0.1, 0.15) is 46.5 Å². The average Bonchev–Trinajstić information content (AvgIpc) is 2.30. The summed E-state index contributed by atoms with van der Waals surface area (Å²) >= 11 is 0. The summed E-state index contributed by atoms with van der Waals surface area (Å²) in [5.74, 6) is 0. The lowest BCUT2D eigenvalue weighted by atomic mass is 10.2. The maximum atomic E-state index is 9.59. The SMILES string of the molecule is CCCCCNC(C)N(C)C(O)CC.O=S(=O)(O)O. The van der Waals surface area contributed by atoms with E-state index in [9.17, 15) is 5.11 Å². The molecule has 0 saturated carbocycles. The quantitative estimate of drug-likeness (QED) is 0.302. The molecule has 118 valence electrons. The van der Waals surface area contributed by atoms with Crippen LogP contribution in [0.4, 0.5) is 0 Å². The molecule has 0 rings (SSSR count). The van der Waals surface area contributed by atoms with Crippen molar-refractivity contribution in [3.63, 3.8) is 0 Å². The Balaban J connectivity index is 0. The number of aliphatic hydroxyl groups is 1. The summed E-state index contributed by atoms with van der Waals surface area (Å²) < 4.78 is 31.6. The molecule has 0 fully saturated rings. The summed E-state index contributed by atoms with van der Waals surface area (Å²) in [5.41, 5.74) is 0. The van der Waals surface area contributed by atoms with Gasteiger partial charge in [0.1, 0.15) is 6.23 Å². The smallest absolute Gasteiger partial charge is 0.378 e. The van der Waals surface area contributed by atoms with Crippen molar-refractivity contribution >= 4 is 10.4 Å². The molecule has 0 amide bonds. The van der Waals surface area contributed by atoms with Gasteiger partial charge in [0, 0.05) is 0 Å². The number of unbranched alkanes of at least 4 members (excludes halogenated alkanes) is 2. The summed E-state index contributed by atoms with van der Waals surface area (Å²) in [7, 11) is -2.72. The number of hydrogen-bond acceptors (Lipinski definition) is 5. The van der Waals surface area contributed by atoms with E-state index in [1.807, 2.05) is 18.9 Å². The van der Waals surface area contributed by atoms with Crippen LogP contribution in [-0.2, 0) is 10.4 Å². The van der Waals surface area contributed by atoms with Crippen LogP contribution in [0.3, 0.4) is 0 Å². The van der Waals surface area contributed by atoms with Gasteiger partial charge in [-0.3, -0.25) is 14.0 Å². The summed E-state index contributed by atoms with van der Waals surface area (Å²) in [6, 6.07) is 0. The van der Waals surface area contributed by atoms with Gasteiger partial charge in [0.15, 0.2) is 0 Å². The van der Waals surface area contributed by atoms with E-state index >= 15 is 0 Å². The van der Waals surface area contributed by atoms with Crippen molar-refractivity contribution in [2.75, 3.05) is 13.6 Å². The van der Waals surface area contributed by atoms with E-state index in [0.29, 0.717) is 0 Å². The molecule has 4 N–H and O–H groups in total. The van der Waals surface area contributed by atoms with Crippen molar-refractivity contribution in [1.82, 2.24) is 10.2 Å². The highest BCUT2D eigenvalue weighted by Gasteiger charge is 2.14. The Kier molecular flexibility index (Phi) is 12.8. The van der Waals surface area contributed by atoms with Crippen molar-refractivity contribution in [1.29, 1.82) is 0 Å². The van der Waals surface area contributed by atoms with Crippen LogP contribution in [0.25, 0.3) is 0 Å². The molecule has 0 aliphatic carbocycles. The first-order valence-corrected chi connectivity index (χ1v) is 7.86. The molecule has 0 aliphatic rings. The highest BCUT2D eigenvalue weighted by Crippen LogP contribution is 2.01. The van der Waals surface area contributed by atoms with Gasteiger partial charge in [0.05, 0.1) is 6.17 Å². The predicted molar refractivity (Wildman–Crippen MR) is 75.2 cm³/mol. The topological polar surface area (TPSA) is 110 Å². The van der Waals surface area contributed by atoms with Crippen molar-refractivity contribution in [3.8, 4) is 0 Å². The van der Waals surface area contributed by atoms with Crippen LogP contribution in [0.2, 0.25) is 0 Å². The maximum Gasteiger partial charge on any atom is 0.394 e. The minimum Gasteiger partial charge on any atom is -0.378 e. The number of aliphatic hydroxyl groups excluding tert-OH is 1. The first kappa shape index (κ1) is 21.1. The monoisotopic (exact) mass is 300 g/mol. The van der Waals surface area contributed by atoms with Gasteiger partial charge in [-0.1, -0.05) is 26.7 Å². The Morgan fingerprint density at radius 1 is 1.21 bits per heavy atom. The van der Waals surface area contributed by atoms with E-state index in [-0.39, 0.29) is 12.4 Å². The molecule has 0 heterocycles. The fraction of sp³-hybridized carbons (Fsp3) is 1.00. The molecule has 0 aromatic rings. The normalized spacial score (nSPS) is 14.7. The van der Waals surface area contributed by atoms with E-state index in [1.54, 1.807) is 0 Å². The van der Waals surface area contributed by atoms with Gasteiger partial charge in [-0.25, -0.2) is 0 Å². The minimum atomic E-state index is -4.67. The summed E-state index contributed by atoms with van der Waals surface area (Å²) in [4.78, 5) is 1.96. The lowest BCUT2D eigenvalue weighted by Gasteiger charge is -2.29. The van der Waals surface area contributed by atoms with Crippen LogP contribution in [-0.4, -0.2) is 53.5 Å². The Morgan fingerprint density at radius 2 is 1.68 bits per heavy atom. The molecule has 0 aromatic carbocycles. The van der Waals surface area contributed by atoms with E-state index in [4.69, 9.17) is 17.5 Å². The molecule has 0 aliphatic heterocycles.